The van der Waals surface area contributed by atoms with E-state index in [-0.39, 0.29) is 34.1 Å². The van der Waals surface area contributed by atoms with Crippen molar-refractivity contribution in [3.05, 3.63) is 28.0 Å². The largest absolute Gasteiger partial charge is 0.355 e. The Balaban J connectivity index is 2.71. The van der Waals surface area contributed by atoms with Crippen molar-refractivity contribution in [2.45, 2.75) is 13.3 Å². The van der Waals surface area contributed by atoms with E-state index in [4.69, 9.17) is 23.2 Å². The van der Waals surface area contributed by atoms with Crippen LogP contribution >= 0.6 is 23.2 Å². The van der Waals surface area contributed by atoms with E-state index in [9.17, 15) is 9.59 Å². The van der Waals surface area contributed by atoms with E-state index in [1.54, 1.807) is 0 Å². The summed E-state index contributed by atoms with van der Waals surface area (Å²) in [6.07, 6.45) is 2.15. The first-order valence-corrected chi connectivity index (χ1v) is 6.54. The van der Waals surface area contributed by atoms with E-state index in [0.717, 1.165) is 6.42 Å². The number of hydrogen-bond donors (Lipinski definition) is 1. The van der Waals surface area contributed by atoms with Crippen molar-refractivity contribution in [3.8, 4) is 0 Å². The maximum atomic E-state index is 12.1. The van der Waals surface area contributed by atoms with E-state index >= 15 is 0 Å². The van der Waals surface area contributed by atoms with Crippen LogP contribution in [0.2, 0.25) is 10.2 Å². The lowest BCUT2D eigenvalue weighted by Crippen LogP contribution is -2.38. The number of carbonyl (C=O) groups excluding carboxylic acids is 2. The third-order valence-electron chi connectivity index (χ3n) is 2.35. The zero-order valence-corrected chi connectivity index (χ0v) is 12.3. The average Bonchev–Trinajstić information content (AvgIpc) is 2.38. The van der Waals surface area contributed by atoms with Crippen LogP contribution in [-0.4, -0.2) is 41.8 Å². The number of hydrogen-bond acceptors (Lipinski definition) is 3. The highest BCUT2D eigenvalue weighted by Crippen LogP contribution is 2.19. The van der Waals surface area contributed by atoms with E-state index in [1.807, 2.05) is 6.92 Å². The van der Waals surface area contributed by atoms with Crippen LogP contribution in [0, 0.1) is 0 Å². The zero-order valence-electron chi connectivity index (χ0n) is 10.7. The third-order valence-corrected chi connectivity index (χ3v) is 2.86. The Labute approximate surface area is 121 Å². The molecule has 1 rings (SSSR count). The highest BCUT2D eigenvalue weighted by molar-refractivity contribution is 6.35. The summed E-state index contributed by atoms with van der Waals surface area (Å²) < 4.78 is 0. The second-order valence-corrected chi connectivity index (χ2v) is 4.79. The Morgan fingerprint density at radius 3 is 2.74 bits per heavy atom. The quantitative estimate of drug-likeness (QED) is 0.846. The van der Waals surface area contributed by atoms with E-state index < -0.39 is 0 Å². The molecule has 0 atom stereocenters. The maximum Gasteiger partial charge on any atom is 0.255 e. The molecular weight excluding hydrogens is 289 g/mol. The fourth-order valence-electron chi connectivity index (χ4n) is 1.39. The van der Waals surface area contributed by atoms with Crippen LogP contribution in [0.1, 0.15) is 23.7 Å². The molecule has 1 heterocycles. The summed E-state index contributed by atoms with van der Waals surface area (Å²) in [5, 5.41) is 3.07. The summed E-state index contributed by atoms with van der Waals surface area (Å²) in [6.45, 7) is 2.51. The number of aromatic nitrogens is 1. The Morgan fingerprint density at radius 2 is 2.11 bits per heavy atom. The van der Waals surface area contributed by atoms with Gasteiger partial charge in [-0.05, 0) is 12.5 Å². The van der Waals surface area contributed by atoms with Crippen molar-refractivity contribution >= 4 is 35.0 Å². The van der Waals surface area contributed by atoms with Crippen LogP contribution in [0.3, 0.4) is 0 Å². The number of rotatable bonds is 5. The molecule has 0 bridgehead atoms. The summed E-state index contributed by atoms with van der Waals surface area (Å²) in [5.41, 5.74) is 0.229. The molecule has 0 unspecified atom stereocenters. The van der Waals surface area contributed by atoms with Crippen molar-refractivity contribution < 1.29 is 9.59 Å². The van der Waals surface area contributed by atoms with Gasteiger partial charge in [-0.1, -0.05) is 30.1 Å². The average molecular weight is 304 g/mol. The van der Waals surface area contributed by atoms with Gasteiger partial charge in [-0.25, -0.2) is 4.98 Å². The molecule has 0 aliphatic carbocycles. The van der Waals surface area contributed by atoms with Gasteiger partial charge in [0.1, 0.15) is 5.15 Å². The molecule has 0 aromatic carbocycles. The number of nitrogens with zero attached hydrogens (tertiary/aromatic N) is 2. The van der Waals surface area contributed by atoms with Gasteiger partial charge in [0.15, 0.2) is 0 Å². The van der Waals surface area contributed by atoms with Crippen LogP contribution < -0.4 is 5.32 Å². The fraction of sp³-hybridized carbons (Fsp3) is 0.417. The van der Waals surface area contributed by atoms with Crippen molar-refractivity contribution in [1.82, 2.24) is 15.2 Å². The predicted molar refractivity (Wildman–Crippen MR) is 74.5 cm³/mol. The SMILES string of the molecule is CCCNC(=O)CN(C)C(=O)c1cc(Cl)ncc1Cl. The smallest absolute Gasteiger partial charge is 0.255 e. The normalized spacial score (nSPS) is 10.1. The minimum absolute atomic E-state index is 0.0326. The van der Waals surface area contributed by atoms with Gasteiger partial charge < -0.3 is 10.2 Å². The van der Waals surface area contributed by atoms with Gasteiger partial charge in [0.25, 0.3) is 5.91 Å². The lowest BCUT2D eigenvalue weighted by Gasteiger charge is -2.17. The highest BCUT2D eigenvalue weighted by atomic mass is 35.5. The number of likely N-dealkylation sites (N-methyl/N-ethyl adjacent to an activating group) is 1. The summed E-state index contributed by atoms with van der Waals surface area (Å²) in [7, 11) is 1.53. The van der Waals surface area contributed by atoms with Crippen LogP contribution in [0.5, 0.6) is 0 Å². The molecule has 0 aliphatic rings. The number of nitrogens with one attached hydrogen (secondary N) is 1. The van der Waals surface area contributed by atoms with Crippen molar-refractivity contribution in [3.63, 3.8) is 0 Å². The number of carbonyl (C=O) groups is 2. The Bertz CT molecular complexity index is 480. The van der Waals surface area contributed by atoms with Crippen LogP contribution in [-0.2, 0) is 4.79 Å². The van der Waals surface area contributed by atoms with E-state index in [2.05, 4.69) is 10.3 Å². The Kier molecular flexibility index (Phi) is 6.05. The van der Waals surface area contributed by atoms with Gasteiger partial charge in [0.2, 0.25) is 5.91 Å². The number of amides is 2. The Hall–Kier alpha value is -1.33. The second-order valence-electron chi connectivity index (χ2n) is 4.00. The molecule has 0 saturated carbocycles. The molecule has 0 aliphatic heterocycles. The van der Waals surface area contributed by atoms with Gasteiger partial charge in [-0.3, -0.25) is 9.59 Å². The molecule has 1 N–H and O–H groups in total. The van der Waals surface area contributed by atoms with Crippen molar-refractivity contribution in [1.29, 1.82) is 0 Å². The summed E-state index contributed by atoms with van der Waals surface area (Å²) >= 11 is 11.6. The molecule has 0 spiro atoms. The van der Waals surface area contributed by atoms with Gasteiger partial charge in [-0.2, -0.15) is 0 Å². The molecule has 104 valence electrons. The van der Waals surface area contributed by atoms with E-state index in [1.165, 1.54) is 24.2 Å². The molecule has 19 heavy (non-hydrogen) atoms. The number of halogens is 2. The third kappa shape index (κ3) is 4.69. The first-order valence-electron chi connectivity index (χ1n) is 5.79. The maximum absolute atomic E-state index is 12.1. The first kappa shape index (κ1) is 15.7. The zero-order chi connectivity index (χ0) is 14.4. The molecule has 1 aromatic rings. The lowest BCUT2D eigenvalue weighted by molar-refractivity contribution is -0.121. The molecule has 7 heteroatoms. The summed E-state index contributed by atoms with van der Waals surface area (Å²) in [4.78, 5) is 28.7. The topological polar surface area (TPSA) is 62.3 Å². The standard InChI is InChI=1S/C12H15Cl2N3O2/c1-3-4-15-11(18)7-17(2)12(19)8-5-10(14)16-6-9(8)13/h5-6H,3-4,7H2,1-2H3,(H,15,18). The first-order chi connectivity index (χ1) is 8.95. The molecule has 0 radical (unpaired) electrons. The monoisotopic (exact) mass is 303 g/mol. The van der Waals surface area contributed by atoms with Gasteiger partial charge >= 0.3 is 0 Å². The summed E-state index contributed by atoms with van der Waals surface area (Å²) in [6, 6.07) is 1.38. The molecule has 1 aromatic heterocycles. The fourth-order valence-corrected chi connectivity index (χ4v) is 1.73. The molecule has 5 nitrogen and oxygen atoms in total. The van der Waals surface area contributed by atoms with Crippen molar-refractivity contribution in [2.75, 3.05) is 20.1 Å². The Morgan fingerprint density at radius 1 is 1.42 bits per heavy atom. The molecular formula is C12H15Cl2N3O2. The lowest BCUT2D eigenvalue weighted by atomic mass is 10.2. The second kappa shape index (κ2) is 7.31. The van der Waals surface area contributed by atoms with E-state index in [0.29, 0.717) is 6.54 Å². The van der Waals surface area contributed by atoms with Crippen LogP contribution in [0.25, 0.3) is 0 Å². The summed E-state index contributed by atoms with van der Waals surface area (Å²) in [5.74, 6) is -0.588. The van der Waals surface area contributed by atoms with Gasteiger partial charge in [-0.15, -0.1) is 0 Å². The molecule has 0 fully saturated rings. The number of pyridine rings is 1. The van der Waals surface area contributed by atoms with Crippen LogP contribution in [0.4, 0.5) is 0 Å². The van der Waals surface area contributed by atoms with Gasteiger partial charge in [0.05, 0.1) is 17.1 Å². The predicted octanol–water partition coefficient (Wildman–Crippen LogP) is 1.99. The highest BCUT2D eigenvalue weighted by Gasteiger charge is 2.18. The molecule has 2 amide bonds. The minimum Gasteiger partial charge on any atom is -0.355 e. The van der Waals surface area contributed by atoms with Crippen molar-refractivity contribution in [2.24, 2.45) is 0 Å². The van der Waals surface area contributed by atoms with Crippen LogP contribution in [0.15, 0.2) is 12.3 Å². The molecule has 0 saturated heterocycles. The van der Waals surface area contributed by atoms with Gasteiger partial charge in [0, 0.05) is 19.8 Å². The minimum atomic E-state index is -0.374.